The first-order chi connectivity index (χ1) is 9.63. The van der Waals surface area contributed by atoms with Gasteiger partial charge in [0.05, 0.1) is 6.54 Å². The number of nitrogens with one attached hydrogen (secondary N) is 2. The topological polar surface area (TPSA) is 78.4 Å². The van der Waals surface area contributed by atoms with Gasteiger partial charge in [-0.25, -0.2) is 0 Å². The summed E-state index contributed by atoms with van der Waals surface area (Å²) in [6.07, 6.45) is 2.45. The largest absolute Gasteiger partial charge is 0.396 e. The molecule has 0 aliphatic heterocycles. The van der Waals surface area contributed by atoms with Crippen molar-refractivity contribution in [3.8, 4) is 0 Å². The maximum Gasteiger partial charge on any atom is 0.251 e. The van der Waals surface area contributed by atoms with Crippen LogP contribution in [0.2, 0.25) is 0 Å². The molecule has 0 heterocycles. The molecule has 0 saturated heterocycles. The molecule has 0 unspecified atom stereocenters. The number of aliphatic hydroxyl groups excluding tert-OH is 1. The predicted octanol–water partition coefficient (Wildman–Crippen LogP) is 1.46. The number of carbonyl (C=O) groups is 2. The summed E-state index contributed by atoms with van der Waals surface area (Å²) in [5.41, 5.74) is 0.518. The fourth-order valence-electron chi connectivity index (χ4n) is 1.57. The van der Waals surface area contributed by atoms with Gasteiger partial charge in [-0.05, 0) is 43.5 Å². The highest BCUT2D eigenvalue weighted by Gasteiger charge is 2.07. The minimum absolute atomic E-state index is 0.0328. The Hall–Kier alpha value is -1.40. The number of unbranched alkanes of at least 4 members (excludes halogenated alkanes) is 2. The van der Waals surface area contributed by atoms with Crippen LogP contribution < -0.4 is 10.6 Å². The monoisotopic (exact) mass is 342 g/mol. The molecule has 0 radical (unpaired) electrons. The third kappa shape index (κ3) is 6.68. The zero-order valence-electron chi connectivity index (χ0n) is 11.2. The highest BCUT2D eigenvalue weighted by atomic mass is 79.9. The van der Waals surface area contributed by atoms with Gasteiger partial charge in [-0.15, -0.1) is 0 Å². The maximum absolute atomic E-state index is 11.7. The fourth-order valence-corrected chi connectivity index (χ4v) is 1.83. The predicted molar refractivity (Wildman–Crippen MR) is 80.4 cm³/mol. The molecular weight excluding hydrogens is 324 g/mol. The molecule has 0 saturated carbocycles. The van der Waals surface area contributed by atoms with Crippen molar-refractivity contribution < 1.29 is 14.7 Å². The minimum Gasteiger partial charge on any atom is -0.396 e. The van der Waals surface area contributed by atoms with Crippen molar-refractivity contribution in [2.45, 2.75) is 19.3 Å². The lowest BCUT2D eigenvalue weighted by molar-refractivity contribution is -0.120. The summed E-state index contributed by atoms with van der Waals surface area (Å²) in [7, 11) is 0. The number of hydrogen-bond acceptors (Lipinski definition) is 3. The Morgan fingerprint density at radius 3 is 2.40 bits per heavy atom. The highest BCUT2D eigenvalue weighted by molar-refractivity contribution is 9.10. The van der Waals surface area contributed by atoms with Crippen LogP contribution in [-0.4, -0.2) is 36.6 Å². The molecule has 0 spiro atoms. The van der Waals surface area contributed by atoms with Gasteiger partial charge in [0.2, 0.25) is 5.91 Å². The van der Waals surface area contributed by atoms with Crippen molar-refractivity contribution in [3.63, 3.8) is 0 Å². The Morgan fingerprint density at radius 1 is 1.05 bits per heavy atom. The fraction of sp³-hybridized carbons (Fsp3) is 0.429. The van der Waals surface area contributed by atoms with Crippen LogP contribution in [0, 0.1) is 0 Å². The number of halogens is 1. The number of hydrogen-bond donors (Lipinski definition) is 3. The van der Waals surface area contributed by atoms with Gasteiger partial charge >= 0.3 is 0 Å². The maximum atomic E-state index is 11.7. The van der Waals surface area contributed by atoms with Crippen molar-refractivity contribution in [2.24, 2.45) is 0 Å². The summed E-state index contributed by atoms with van der Waals surface area (Å²) in [5, 5.41) is 13.9. The van der Waals surface area contributed by atoms with Crippen LogP contribution in [0.3, 0.4) is 0 Å². The van der Waals surface area contributed by atoms with E-state index in [1.54, 1.807) is 24.3 Å². The summed E-state index contributed by atoms with van der Waals surface area (Å²) < 4.78 is 0.898. The van der Waals surface area contributed by atoms with Crippen LogP contribution in [0.5, 0.6) is 0 Å². The van der Waals surface area contributed by atoms with E-state index >= 15 is 0 Å². The van der Waals surface area contributed by atoms with Gasteiger partial charge in [0, 0.05) is 23.2 Å². The van der Waals surface area contributed by atoms with Crippen molar-refractivity contribution >= 4 is 27.7 Å². The molecule has 6 heteroatoms. The molecule has 1 rings (SSSR count). The summed E-state index contributed by atoms with van der Waals surface area (Å²) in [6.45, 7) is 0.707. The molecule has 0 atom stereocenters. The van der Waals surface area contributed by atoms with Crippen LogP contribution >= 0.6 is 15.9 Å². The Bertz CT molecular complexity index is 435. The van der Waals surface area contributed by atoms with Crippen molar-refractivity contribution in [3.05, 3.63) is 34.3 Å². The molecule has 3 N–H and O–H groups in total. The third-order valence-electron chi connectivity index (χ3n) is 2.67. The first kappa shape index (κ1) is 16.7. The molecular formula is C14H19BrN2O3. The molecule has 0 aromatic heterocycles. The summed E-state index contributed by atoms with van der Waals surface area (Å²) >= 11 is 3.29. The van der Waals surface area contributed by atoms with Gasteiger partial charge in [-0.3, -0.25) is 9.59 Å². The van der Waals surface area contributed by atoms with Gasteiger partial charge in [0.1, 0.15) is 0 Å². The van der Waals surface area contributed by atoms with E-state index in [9.17, 15) is 9.59 Å². The van der Waals surface area contributed by atoms with Gasteiger partial charge in [0.25, 0.3) is 5.91 Å². The normalized spacial score (nSPS) is 10.1. The molecule has 1 aromatic rings. The molecule has 2 amide bonds. The highest BCUT2D eigenvalue weighted by Crippen LogP contribution is 2.10. The molecule has 0 fully saturated rings. The first-order valence-electron chi connectivity index (χ1n) is 6.55. The second-order valence-electron chi connectivity index (χ2n) is 4.32. The van der Waals surface area contributed by atoms with Crippen LogP contribution in [0.1, 0.15) is 29.6 Å². The average Bonchev–Trinajstić information content (AvgIpc) is 2.45. The molecule has 110 valence electrons. The number of rotatable bonds is 8. The molecule has 0 aliphatic carbocycles. The molecule has 5 nitrogen and oxygen atoms in total. The summed E-state index contributed by atoms with van der Waals surface area (Å²) in [6, 6.07) is 6.92. The SMILES string of the molecule is O=C(CNC(=O)c1ccc(Br)cc1)NCCCCCO. The molecule has 0 aliphatic rings. The first-order valence-corrected chi connectivity index (χ1v) is 7.34. The van der Waals surface area contributed by atoms with Gasteiger partial charge in [-0.2, -0.15) is 0 Å². The third-order valence-corrected chi connectivity index (χ3v) is 3.20. The van der Waals surface area contributed by atoms with Crippen LogP contribution in [0.4, 0.5) is 0 Å². The Morgan fingerprint density at radius 2 is 1.75 bits per heavy atom. The van der Waals surface area contributed by atoms with Crippen LogP contribution in [-0.2, 0) is 4.79 Å². The number of amides is 2. The van der Waals surface area contributed by atoms with Crippen LogP contribution in [0.15, 0.2) is 28.7 Å². The Balaban J connectivity index is 2.20. The van der Waals surface area contributed by atoms with E-state index in [-0.39, 0.29) is 25.0 Å². The standard InChI is InChI=1S/C14H19BrN2O3/c15-12-6-4-11(5-7-12)14(20)17-10-13(19)16-8-2-1-3-9-18/h4-7,18H,1-3,8-10H2,(H,16,19)(H,17,20). The van der Waals surface area contributed by atoms with E-state index in [4.69, 9.17) is 5.11 Å². The number of aliphatic hydroxyl groups is 1. The summed E-state index contributed by atoms with van der Waals surface area (Å²) in [5.74, 6) is -0.479. The second-order valence-corrected chi connectivity index (χ2v) is 5.24. The number of benzene rings is 1. The van der Waals surface area contributed by atoms with E-state index in [0.29, 0.717) is 12.1 Å². The minimum atomic E-state index is -0.270. The van der Waals surface area contributed by atoms with Gasteiger partial charge in [-0.1, -0.05) is 15.9 Å². The van der Waals surface area contributed by atoms with Crippen molar-refractivity contribution in [1.29, 1.82) is 0 Å². The van der Waals surface area contributed by atoms with Gasteiger partial charge in [0.15, 0.2) is 0 Å². The lowest BCUT2D eigenvalue weighted by atomic mass is 10.2. The molecule has 20 heavy (non-hydrogen) atoms. The van der Waals surface area contributed by atoms with E-state index in [0.717, 1.165) is 23.7 Å². The lowest BCUT2D eigenvalue weighted by Crippen LogP contribution is -2.37. The van der Waals surface area contributed by atoms with E-state index in [2.05, 4.69) is 26.6 Å². The van der Waals surface area contributed by atoms with Crippen molar-refractivity contribution in [1.82, 2.24) is 10.6 Å². The Kier molecular flexibility index (Phi) is 7.91. The zero-order chi connectivity index (χ0) is 14.8. The quantitative estimate of drug-likeness (QED) is 0.626. The second kappa shape index (κ2) is 9.50. The molecule has 1 aromatic carbocycles. The van der Waals surface area contributed by atoms with Crippen molar-refractivity contribution in [2.75, 3.05) is 19.7 Å². The van der Waals surface area contributed by atoms with Gasteiger partial charge < -0.3 is 15.7 Å². The summed E-state index contributed by atoms with van der Waals surface area (Å²) in [4.78, 5) is 23.2. The smallest absolute Gasteiger partial charge is 0.251 e. The lowest BCUT2D eigenvalue weighted by Gasteiger charge is -2.07. The van der Waals surface area contributed by atoms with Crippen LogP contribution in [0.25, 0.3) is 0 Å². The van der Waals surface area contributed by atoms with E-state index < -0.39 is 0 Å². The average molecular weight is 343 g/mol. The molecule has 0 bridgehead atoms. The van der Waals surface area contributed by atoms with E-state index in [1.807, 2.05) is 0 Å². The number of carbonyl (C=O) groups excluding carboxylic acids is 2. The Labute approximate surface area is 126 Å². The van der Waals surface area contributed by atoms with E-state index in [1.165, 1.54) is 0 Å². The zero-order valence-corrected chi connectivity index (χ0v) is 12.8.